The van der Waals surface area contributed by atoms with Crippen molar-refractivity contribution >= 4 is 55.9 Å². The maximum atomic E-state index is 9.04. The second-order valence-corrected chi connectivity index (χ2v) is 15.4. The van der Waals surface area contributed by atoms with Crippen molar-refractivity contribution in [2.24, 2.45) is 7.05 Å². The summed E-state index contributed by atoms with van der Waals surface area (Å²) >= 11 is 0. The lowest BCUT2D eigenvalue weighted by atomic mass is 9.70. The molecular formula is C56H39N3. The number of nitrogens with zero attached hydrogens (tertiary/aromatic N) is 3. The van der Waals surface area contributed by atoms with Crippen LogP contribution in [0, 0.1) is 0 Å². The molecule has 2 aliphatic rings. The van der Waals surface area contributed by atoms with Crippen molar-refractivity contribution in [1.29, 1.82) is 0 Å². The molecule has 12 rings (SSSR count). The lowest BCUT2D eigenvalue weighted by molar-refractivity contribution is 0.794. The molecule has 0 bridgehead atoms. The predicted molar refractivity (Wildman–Crippen MR) is 246 cm³/mol. The number of hydrogen-bond acceptors (Lipinski definition) is 2. The van der Waals surface area contributed by atoms with E-state index in [1.165, 1.54) is 44.1 Å². The number of benzene rings is 9. The molecule has 59 heavy (non-hydrogen) atoms. The molecule has 0 saturated heterocycles. The summed E-state index contributed by atoms with van der Waals surface area (Å²) in [4.78, 5) is 4.19. The number of hydrogen-bond donors (Lipinski definition) is 0. The van der Waals surface area contributed by atoms with Crippen LogP contribution in [0.15, 0.2) is 218 Å². The van der Waals surface area contributed by atoms with E-state index in [2.05, 4.69) is 168 Å². The zero-order valence-electron chi connectivity index (χ0n) is 37.2. The van der Waals surface area contributed by atoms with Crippen molar-refractivity contribution in [2.75, 3.05) is 9.80 Å². The highest BCUT2D eigenvalue weighted by atomic mass is 15.2. The summed E-state index contributed by atoms with van der Waals surface area (Å²) in [6.07, 6.45) is 0. The van der Waals surface area contributed by atoms with Gasteiger partial charge in [-0.3, -0.25) is 0 Å². The summed E-state index contributed by atoms with van der Waals surface area (Å²) in [6, 6.07) is 64.4. The van der Waals surface area contributed by atoms with Crippen molar-refractivity contribution in [3.63, 3.8) is 0 Å². The minimum absolute atomic E-state index is 0.101. The molecule has 278 valence electrons. The molecular weight excluding hydrogens is 715 g/mol. The molecule has 0 amide bonds. The van der Waals surface area contributed by atoms with Gasteiger partial charge in [0.15, 0.2) is 0 Å². The van der Waals surface area contributed by atoms with Crippen molar-refractivity contribution in [2.45, 2.75) is 5.41 Å². The number of fused-ring (bicyclic) bond motifs is 13. The third kappa shape index (κ3) is 4.76. The molecule has 3 heteroatoms. The number of rotatable bonds is 6. The van der Waals surface area contributed by atoms with Crippen LogP contribution in [0.2, 0.25) is 0 Å². The number of anilines is 6. The largest absolute Gasteiger partial charge is 0.344 e. The zero-order valence-corrected chi connectivity index (χ0v) is 32.2. The highest BCUT2D eigenvalue weighted by Gasteiger charge is 2.51. The fourth-order valence-corrected chi connectivity index (χ4v) is 10.1. The Hall–Kier alpha value is -7.62. The standard InChI is InChI=1S/C56H39N3/c1-57-52-29-16-13-26-45(52)55-53(57)30-17-31-54(55)59(40-22-9-4-10-23-40)42-33-35-51-47(37-42)44-25-12-15-28-49(44)56(51)48-27-14-11-24-43(48)46-36-41(32-34-50(46)56)58(38-18-5-2-6-19-38)39-20-7-3-8-21-39/h2-37H,1H3/i2D,5D,6D,18D,19D. The molecule has 1 aromatic heterocycles. The second kappa shape index (κ2) is 13.0. The van der Waals surface area contributed by atoms with Crippen molar-refractivity contribution in [3.05, 3.63) is 241 Å². The van der Waals surface area contributed by atoms with Gasteiger partial charge in [0.2, 0.25) is 0 Å². The average molecular weight is 759 g/mol. The maximum absolute atomic E-state index is 9.04. The third-order valence-corrected chi connectivity index (χ3v) is 12.5. The van der Waals surface area contributed by atoms with Crippen molar-refractivity contribution < 1.29 is 6.85 Å². The minimum Gasteiger partial charge on any atom is -0.344 e. The number of aromatic nitrogens is 1. The smallest absolute Gasteiger partial charge is 0.0725 e. The van der Waals surface area contributed by atoms with Gasteiger partial charge >= 0.3 is 0 Å². The van der Waals surface area contributed by atoms with E-state index in [1.54, 1.807) is 4.90 Å². The summed E-state index contributed by atoms with van der Waals surface area (Å²) < 4.78 is 45.9. The summed E-state index contributed by atoms with van der Waals surface area (Å²) in [6.45, 7) is 0. The van der Waals surface area contributed by atoms with Crippen LogP contribution in [0.25, 0.3) is 44.1 Å². The Morgan fingerprint density at radius 1 is 0.407 bits per heavy atom. The van der Waals surface area contributed by atoms with Crippen LogP contribution in [0.1, 0.15) is 29.1 Å². The summed E-state index contributed by atoms with van der Waals surface area (Å²) in [5.41, 5.74) is 15.6. The first kappa shape index (κ1) is 28.7. The first-order valence-corrected chi connectivity index (χ1v) is 20.0. The van der Waals surface area contributed by atoms with Gasteiger partial charge in [-0.1, -0.05) is 139 Å². The van der Waals surface area contributed by atoms with E-state index in [4.69, 9.17) is 6.85 Å². The van der Waals surface area contributed by atoms with E-state index in [0.29, 0.717) is 11.4 Å². The van der Waals surface area contributed by atoms with Gasteiger partial charge in [-0.25, -0.2) is 0 Å². The molecule has 2 aliphatic carbocycles. The fraction of sp³-hybridized carbons (Fsp3) is 0.0357. The SMILES string of the molecule is [2H]c1c([2H])c([2H])c(N(c2ccccc2)c2ccc3c(c2)-c2ccccc2C32c3ccccc3-c3cc(N(c4ccccc4)c4cccc5c4c4ccccc4n5C)ccc32)c([2H])c1[2H]. The van der Waals surface area contributed by atoms with E-state index in [-0.39, 0.29) is 29.9 Å². The highest BCUT2D eigenvalue weighted by molar-refractivity contribution is 6.15. The van der Waals surface area contributed by atoms with Gasteiger partial charge in [0.25, 0.3) is 0 Å². The van der Waals surface area contributed by atoms with Crippen LogP contribution < -0.4 is 9.80 Å². The number of para-hydroxylation sites is 4. The van der Waals surface area contributed by atoms with E-state index < -0.39 is 11.5 Å². The van der Waals surface area contributed by atoms with E-state index in [9.17, 15) is 0 Å². The van der Waals surface area contributed by atoms with Gasteiger partial charge in [0.1, 0.15) is 0 Å². The lowest BCUT2D eigenvalue weighted by Gasteiger charge is -2.32. The molecule has 0 aliphatic heterocycles. The molecule has 0 N–H and O–H groups in total. The van der Waals surface area contributed by atoms with E-state index in [1.807, 2.05) is 36.4 Å². The minimum atomic E-state index is -0.642. The summed E-state index contributed by atoms with van der Waals surface area (Å²) in [5.74, 6) is 0. The van der Waals surface area contributed by atoms with Gasteiger partial charge in [0, 0.05) is 51.8 Å². The fourth-order valence-electron chi connectivity index (χ4n) is 10.1. The lowest BCUT2D eigenvalue weighted by Crippen LogP contribution is -2.26. The van der Waals surface area contributed by atoms with Crippen LogP contribution in [0.4, 0.5) is 34.1 Å². The van der Waals surface area contributed by atoms with Gasteiger partial charge < -0.3 is 14.4 Å². The Kier molecular flexibility index (Phi) is 6.31. The van der Waals surface area contributed by atoms with Gasteiger partial charge in [-0.05, 0) is 123 Å². The summed E-state index contributed by atoms with van der Waals surface area (Å²) in [5, 5.41) is 2.40. The van der Waals surface area contributed by atoms with Gasteiger partial charge in [-0.2, -0.15) is 0 Å². The Morgan fingerprint density at radius 2 is 0.915 bits per heavy atom. The van der Waals surface area contributed by atoms with Crippen LogP contribution in [-0.2, 0) is 12.5 Å². The Bertz CT molecular complexity index is 3520. The monoisotopic (exact) mass is 758 g/mol. The Morgan fingerprint density at radius 3 is 1.56 bits per heavy atom. The molecule has 9 aromatic carbocycles. The van der Waals surface area contributed by atoms with Crippen molar-refractivity contribution in [3.8, 4) is 22.3 Å². The predicted octanol–water partition coefficient (Wildman–Crippen LogP) is 14.6. The molecule has 3 nitrogen and oxygen atoms in total. The normalized spacial score (nSPS) is 15.8. The van der Waals surface area contributed by atoms with Crippen LogP contribution in [-0.4, -0.2) is 4.57 Å². The first-order valence-electron chi connectivity index (χ1n) is 22.5. The molecule has 1 heterocycles. The quantitative estimate of drug-likeness (QED) is 0.167. The maximum Gasteiger partial charge on any atom is 0.0725 e. The van der Waals surface area contributed by atoms with Gasteiger partial charge in [0.05, 0.1) is 23.5 Å². The molecule has 0 fully saturated rings. The molecule has 0 radical (unpaired) electrons. The zero-order chi connectivity index (χ0) is 43.4. The average Bonchev–Trinajstić information content (AvgIpc) is 3.93. The molecule has 0 saturated carbocycles. The van der Waals surface area contributed by atoms with Crippen LogP contribution >= 0.6 is 0 Å². The molecule has 1 unspecified atom stereocenters. The first-order chi connectivity index (χ1) is 31.3. The third-order valence-electron chi connectivity index (χ3n) is 12.5. The van der Waals surface area contributed by atoms with Crippen molar-refractivity contribution in [1.82, 2.24) is 4.57 Å². The topological polar surface area (TPSA) is 11.4 Å². The summed E-state index contributed by atoms with van der Waals surface area (Å²) in [7, 11) is 2.14. The Balaban J connectivity index is 1.09. The van der Waals surface area contributed by atoms with E-state index >= 15 is 0 Å². The van der Waals surface area contributed by atoms with E-state index in [0.717, 1.165) is 39.3 Å². The second-order valence-electron chi connectivity index (χ2n) is 15.4. The van der Waals surface area contributed by atoms with Crippen LogP contribution in [0.3, 0.4) is 0 Å². The Labute approximate surface area is 351 Å². The number of aryl methyl sites for hydroxylation is 1. The van der Waals surface area contributed by atoms with Crippen LogP contribution in [0.5, 0.6) is 0 Å². The highest BCUT2D eigenvalue weighted by Crippen LogP contribution is 2.64. The van der Waals surface area contributed by atoms with Gasteiger partial charge in [-0.15, -0.1) is 0 Å². The molecule has 1 spiro atoms. The molecule has 10 aromatic rings. The molecule has 1 atom stereocenters.